The first-order valence-corrected chi connectivity index (χ1v) is 25.4. The molecule has 3 aliphatic heterocycles. The van der Waals surface area contributed by atoms with Gasteiger partial charge in [-0.15, -0.1) is 0 Å². The lowest BCUT2D eigenvalue weighted by Gasteiger charge is -2.43. The van der Waals surface area contributed by atoms with Gasteiger partial charge in [0.15, 0.2) is 0 Å². The highest BCUT2D eigenvalue weighted by molar-refractivity contribution is 7.99. The van der Waals surface area contributed by atoms with Gasteiger partial charge in [0.2, 0.25) is 0 Å². The molecule has 336 valence electrons. The van der Waals surface area contributed by atoms with Crippen LogP contribution in [0.1, 0.15) is 57.0 Å². The van der Waals surface area contributed by atoms with E-state index in [1.54, 1.807) is 0 Å². The van der Waals surface area contributed by atoms with Crippen LogP contribution in [0.4, 0.5) is 34.1 Å². The maximum absolute atomic E-state index is 6.94. The molecular weight excluding hydrogens is 870 g/mol. The molecule has 14 rings (SSSR count). The Morgan fingerprint density at radius 1 is 0.571 bits per heavy atom. The smallest absolute Gasteiger partial charge is 0.332 e. The first kappa shape index (κ1) is 41.3. The summed E-state index contributed by atoms with van der Waals surface area (Å²) >= 11 is 1.81. The molecular formula is C64H50BN3OS. The molecule has 70 heavy (non-hydrogen) atoms. The Bertz CT molecular complexity index is 3780. The Labute approximate surface area is 414 Å². The van der Waals surface area contributed by atoms with Gasteiger partial charge in [-0.05, 0) is 123 Å². The molecule has 6 heteroatoms. The van der Waals surface area contributed by atoms with Crippen molar-refractivity contribution in [1.82, 2.24) is 4.48 Å². The third kappa shape index (κ3) is 5.86. The first-order chi connectivity index (χ1) is 34.0. The largest absolute Gasteiger partial charge is 0.455 e. The number of hydrogen-bond acceptors (Lipinski definition) is 4. The van der Waals surface area contributed by atoms with E-state index in [1.807, 2.05) is 11.8 Å². The van der Waals surface area contributed by atoms with E-state index in [2.05, 4.69) is 250 Å². The van der Waals surface area contributed by atoms with Crippen molar-refractivity contribution in [3.8, 4) is 44.9 Å². The average molecular weight is 920 g/mol. The van der Waals surface area contributed by atoms with Crippen LogP contribution in [0.3, 0.4) is 0 Å². The summed E-state index contributed by atoms with van der Waals surface area (Å²) in [5, 5.41) is 1.28. The van der Waals surface area contributed by atoms with Crippen molar-refractivity contribution in [3.05, 3.63) is 217 Å². The Kier molecular flexibility index (Phi) is 8.81. The molecule has 10 aromatic rings. The second-order valence-corrected chi connectivity index (χ2v) is 22.1. The van der Waals surface area contributed by atoms with Crippen LogP contribution in [0.25, 0.3) is 44.3 Å². The third-order valence-electron chi connectivity index (χ3n) is 15.3. The summed E-state index contributed by atoms with van der Waals surface area (Å²) in [4.78, 5) is 7.31. The monoisotopic (exact) mass is 919 g/mol. The van der Waals surface area contributed by atoms with Gasteiger partial charge in [-0.25, -0.2) is 0 Å². The van der Waals surface area contributed by atoms with Crippen molar-refractivity contribution in [2.45, 2.75) is 62.2 Å². The number of rotatable bonds is 5. The van der Waals surface area contributed by atoms with Crippen LogP contribution >= 0.6 is 11.8 Å². The molecule has 4 aliphatic rings. The standard InChI is InChI=1S/C64H50BN3OS/c1-39-34-47-44-31-33-51(66(42-22-12-8-13-23-42)43-24-14-9-15-25-43)59-58-45-26-16-17-27-48(45)64(5,6)62(58)68(61(44)59)65-49-37-57-55(69-54-28-18-19-29-56(54)70-57)38-52(49)67(53(35-39)60(47)65)50-32-30-41(63(2,3)4)36-46(50)40-20-10-7-11-21-40/h7-38H,1-6H3. The van der Waals surface area contributed by atoms with Crippen LogP contribution in [0.15, 0.2) is 204 Å². The molecule has 4 nitrogen and oxygen atoms in total. The molecule has 0 radical (unpaired) electrons. The number of fused-ring (bicyclic) bond motifs is 11. The zero-order chi connectivity index (χ0) is 47.2. The highest BCUT2D eigenvalue weighted by Crippen LogP contribution is 2.60. The Balaban J connectivity index is 1.13. The summed E-state index contributed by atoms with van der Waals surface area (Å²) in [6.07, 6.45) is 0. The summed E-state index contributed by atoms with van der Waals surface area (Å²) in [7, 11) is 0. The summed E-state index contributed by atoms with van der Waals surface area (Å²) in [6.45, 7) is 13.9. The van der Waals surface area contributed by atoms with Crippen LogP contribution in [-0.2, 0) is 10.8 Å². The van der Waals surface area contributed by atoms with Crippen molar-refractivity contribution in [2.75, 3.05) is 9.80 Å². The van der Waals surface area contributed by atoms with Gasteiger partial charge in [-0.3, -0.25) is 0 Å². The number of ether oxygens (including phenoxy) is 1. The van der Waals surface area contributed by atoms with Crippen molar-refractivity contribution in [3.63, 3.8) is 0 Å². The summed E-state index contributed by atoms with van der Waals surface area (Å²) in [5.74, 6) is 1.78. The maximum atomic E-state index is 6.94. The Morgan fingerprint density at radius 2 is 1.26 bits per heavy atom. The van der Waals surface area contributed by atoms with Crippen LogP contribution in [0, 0.1) is 6.92 Å². The van der Waals surface area contributed by atoms with Crippen LogP contribution < -0.4 is 25.5 Å². The van der Waals surface area contributed by atoms with E-state index in [0.29, 0.717) is 0 Å². The molecule has 0 atom stereocenters. The predicted molar refractivity (Wildman–Crippen MR) is 294 cm³/mol. The van der Waals surface area contributed by atoms with Crippen molar-refractivity contribution in [2.24, 2.45) is 0 Å². The van der Waals surface area contributed by atoms with Gasteiger partial charge in [0.25, 0.3) is 0 Å². The summed E-state index contributed by atoms with van der Waals surface area (Å²) in [5.41, 5.74) is 23.2. The van der Waals surface area contributed by atoms with Gasteiger partial charge in [0, 0.05) is 67.5 Å². The van der Waals surface area contributed by atoms with Gasteiger partial charge >= 0.3 is 6.85 Å². The van der Waals surface area contributed by atoms with Crippen molar-refractivity contribution < 1.29 is 4.74 Å². The highest BCUT2D eigenvalue weighted by Gasteiger charge is 2.50. The van der Waals surface area contributed by atoms with Crippen molar-refractivity contribution in [1.29, 1.82) is 0 Å². The normalized spacial score (nSPS) is 14.3. The van der Waals surface area contributed by atoms with Crippen LogP contribution in [0.2, 0.25) is 0 Å². The van der Waals surface area contributed by atoms with Gasteiger partial charge < -0.3 is 19.0 Å². The second-order valence-electron chi connectivity index (χ2n) is 21.0. The SMILES string of the molecule is Cc1cc2c3c(c1)N(c1ccc(C(C)(C)C)cc1-c1ccccc1)c1cc4c(cc1B3n1c3c(c5c(N(c6ccccc6)c6ccccc6)ccc-2c51)-c1ccccc1C3(C)C)Sc1ccccc1O4. The summed E-state index contributed by atoms with van der Waals surface area (Å²) in [6, 6.07) is 72.1. The maximum Gasteiger partial charge on any atom is 0.332 e. The molecule has 0 saturated heterocycles. The van der Waals surface area contributed by atoms with Gasteiger partial charge in [0.1, 0.15) is 11.5 Å². The minimum atomic E-state index is -0.322. The molecule has 0 fully saturated rings. The predicted octanol–water partition coefficient (Wildman–Crippen LogP) is 16.4. The highest BCUT2D eigenvalue weighted by atomic mass is 32.2. The Hall–Kier alpha value is -7.67. The quantitative estimate of drug-likeness (QED) is 0.160. The molecule has 0 N–H and O–H groups in total. The fourth-order valence-corrected chi connectivity index (χ4v) is 13.2. The Morgan fingerprint density at radius 3 is 2.00 bits per heavy atom. The average Bonchev–Trinajstić information content (AvgIpc) is 3.86. The minimum Gasteiger partial charge on any atom is -0.455 e. The molecule has 9 aromatic carbocycles. The number of para-hydroxylation sites is 3. The van der Waals surface area contributed by atoms with E-state index in [1.165, 1.54) is 89.0 Å². The number of anilines is 6. The zero-order valence-electron chi connectivity index (χ0n) is 40.2. The molecule has 0 spiro atoms. The van der Waals surface area contributed by atoms with E-state index in [0.717, 1.165) is 44.0 Å². The molecule has 1 aliphatic carbocycles. The number of aromatic nitrogens is 1. The number of aryl methyl sites for hydroxylation is 1. The van der Waals surface area contributed by atoms with Crippen molar-refractivity contribution >= 4 is 74.6 Å². The fourth-order valence-electron chi connectivity index (χ4n) is 12.2. The minimum absolute atomic E-state index is 0.0449. The number of nitrogens with zero attached hydrogens (tertiary/aromatic N) is 3. The fraction of sp³-hybridized carbons (Fsp3) is 0.125. The lowest BCUT2D eigenvalue weighted by molar-refractivity contribution is 0.455. The van der Waals surface area contributed by atoms with E-state index < -0.39 is 0 Å². The van der Waals surface area contributed by atoms with E-state index in [4.69, 9.17) is 4.74 Å². The number of hydrogen-bond donors (Lipinski definition) is 0. The van der Waals surface area contributed by atoms with Gasteiger partial charge in [-0.2, -0.15) is 0 Å². The van der Waals surface area contributed by atoms with E-state index in [-0.39, 0.29) is 17.7 Å². The molecule has 0 amide bonds. The topological polar surface area (TPSA) is 20.6 Å². The first-order valence-electron chi connectivity index (χ1n) is 24.5. The number of benzene rings is 9. The van der Waals surface area contributed by atoms with Gasteiger partial charge in [0.05, 0.1) is 21.2 Å². The lowest BCUT2D eigenvalue weighted by atomic mass is 9.44. The second kappa shape index (κ2) is 14.9. The van der Waals surface area contributed by atoms with E-state index >= 15 is 0 Å². The summed E-state index contributed by atoms with van der Waals surface area (Å²) < 4.78 is 9.74. The third-order valence-corrected chi connectivity index (χ3v) is 16.4. The lowest BCUT2D eigenvalue weighted by Crippen LogP contribution is -2.57. The zero-order valence-corrected chi connectivity index (χ0v) is 41.0. The molecule has 0 unspecified atom stereocenters. The van der Waals surface area contributed by atoms with Crippen LogP contribution in [-0.4, -0.2) is 11.3 Å². The molecule has 0 saturated carbocycles. The molecule has 0 bridgehead atoms. The van der Waals surface area contributed by atoms with Crippen LogP contribution in [0.5, 0.6) is 11.5 Å². The molecule has 1 aromatic heterocycles. The van der Waals surface area contributed by atoms with E-state index in [9.17, 15) is 0 Å². The van der Waals surface area contributed by atoms with Gasteiger partial charge in [-0.1, -0.05) is 168 Å². The molecule has 4 heterocycles.